The summed E-state index contributed by atoms with van der Waals surface area (Å²) in [5, 5.41) is 2.84. The predicted molar refractivity (Wildman–Crippen MR) is 101 cm³/mol. The van der Waals surface area contributed by atoms with Crippen molar-refractivity contribution in [2.45, 2.75) is 12.5 Å². The third-order valence-electron chi connectivity index (χ3n) is 4.95. The van der Waals surface area contributed by atoms with Crippen molar-refractivity contribution in [2.75, 3.05) is 20.3 Å². The van der Waals surface area contributed by atoms with Gasteiger partial charge in [0.05, 0.1) is 29.3 Å². The third kappa shape index (κ3) is 3.44. The second-order valence-corrected chi connectivity index (χ2v) is 6.80. The van der Waals surface area contributed by atoms with Crippen LogP contribution in [0.1, 0.15) is 49.1 Å². The Kier molecular flexibility index (Phi) is 4.75. The first-order valence-corrected chi connectivity index (χ1v) is 9.10. The summed E-state index contributed by atoms with van der Waals surface area (Å²) in [4.78, 5) is 49.5. The van der Waals surface area contributed by atoms with Crippen LogP contribution in [0.2, 0.25) is 0 Å². The number of nitrogens with one attached hydrogen (secondary N) is 1. The van der Waals surface area contributed by atoms with Gasteiger partial charge in [0.25, 0.3) is 17.7 Å². The van der Waals surface area contributed by atoms with Gasteiger partial charge in [0.15, 0.2) is 6.61 Å². The molecule has 1 N–H and O–H groups in total. The molecule has 8 heteroatoms. The smallest absolute Gasteiger partial charge is 0.338 e. The second kappa shape index (κ2) is 7.38. The van der Waals surface area contributed by atoms with Crippen molar-refractivity contribution in [3.05, 3.63) is 64.7 Å². The van der Waals surface area contributed by atoms with Gasteiger partial charge in [0.2, 0.25) is 0 Å². The number of carbonyl (C=O) groups is 4. The Morgan fingerprint density at radius 2 is 1.90 bits per heavy atom. The number of esters is 1. The number of fused-ring (bicyclic) bond motifs is 2. The van der Waals surface area contributed by atoms with Crippen molar-refractivity contribution in [1.82, 2.24) is 10.2 Å². The summed E-state index contributed by atoms with van der Waals surface area (Å²) < 4.78 is 10.6. The molecule has 0 bridgehead atoms. The van der Waals surface area contributed by atoms with E-state index in [2.05, 4.69) is 5.32 Å². The van der Waals surface area contributed by atoms with E-state index in [0.717, 1.165) is 16.2 Å². The van der Waals surface area contributed by atoms with E-state index in [1.54, 1.807) is 0 Å². The molecular formula is C21H18N2O6. The molecule has 2 aromatic carbocycles. The molecule has 2 aromatic rings. The van der Waals surface area contributed by atoms with E-state index in [1.165, 1.54) is 25.2 Å². The van der Waals surface area contributed by atoms with Crippen LogP contribution < -0.4 is 10.1 Å². The minimum Gasteiger partial charge on any atom is -0.493 e. The fourth-order valence-corrected chi connectivity index (χ4v) is 3.43. The third-order valence-corrected chi connectivity index (χ3v) is 4.95. The van der Waals surface area contributed by atoms with Gasteiger partial charge in [-0.3, -0.25) is 19.3 Å². The molecule has 0 saturated carbocycles. The molecule has 148 valence electrons. The lowest BCUT2D eigenvalue weighted by molar-refractivity contribution is -0.125. The molecule has 0 saturated heterocycles. The summed E-state index contributed by atoms with van der Waals surface area (Å²) in [6.45, 7) is 0.0281. The summed E-state index contributed by atoms with van der Waals surface area (Å²) in [6, 6.07) is 11.4. The summed E-state index contributed by atoms with van der Waals surface area (Å²) in [6.07, 6.45) is 0.616. The lowest BCUT2D eigenvalue weighted by Gasteiger charge is -2.26. The monoisotopic (exact) mass is 394 g/mol. The summed E-state index contributed by atoms with van der Waals surface area (Å²) in [5.74, 6) is -1.35. The van der Waals surface area contributed by atoms with Gasteiger partial charge in [0.1, 0.15) is 5.75 Å². The summed E-state index contributed by atoms with van der Waals surface area (Å²) in [5.41, 5.74) is 1.37. The highest BCUT2D eigenvalue weighted by Gasteiger charge is 2.33. The van der Waals surface area contributed by atoms with Gasteiger partial charge >= 0.3 is 5.97 Å². The van der Waals surface area contributed by atoms with E-state index in [-0.39, 0.29) is 22.7 Å². The molecule has 0 aliphatic carbocycles. The van der Waals surface area contributed by atoms with Crippen molar-refractivity contribution < 1.29 is 28.7 Å². The van der Waals surface area contributed by atoms with Crippen molar-refractivity contribution in [3.8, 4) is 5.75 Å². The molecule has 2 aliphatic heterocycles. The number of rotatable bonds is 4. The molecule has 1 unspecified atom stereocenters. The second-order valence-electron chi connectivity index (χ2n) is 6.80. The van der Waals surface area contributed by atoms with Gasteiger partial charge in [-0.25, -0.2) is 4.79 Å². The highest BCUT2D eigenvalue weighted by molar-refractivity contribution is 6.21. The molecule has 2 aliphatic rings. The molecule has 3 amide bonds. The molecule has 0 radical (unpaired) electrons. The normalized spacial score (nSPS) is 17.3. The largest absolute Gasteiger partial charge is 0.493 e. The van der Waals surface area contributed by atoms with Crippen LogP contribution in [-0.2, 0) is 9.53 Å². The Hall–Kier alpha value is -3.68. The molecular weight excluding hydrogens is 376 g/mol. The maximum absolute atomic E-state index is 12.3. The zero-order valence-electron chi connectivity index (χ0n) is 15.6. The lowest BCUT2D eigenvalue weighted by atomic mass is 10.0. The van der Waals surface area contributed by atoms with Gasteiger partial charge in [-0.15, -0.1) is 0 Å². The zero-order valence-corrected chi connectivity index (χ0v) is 15.6. The maximum atomic E-state index is 12.3. The summed E-state index contributed by atoms with van der Waals surface area (Å²) in [7, 11) is 1.38. The quantitative estimate of drug-likeness (QED) is 0.626. The van der Waals surface area contributed by atoms with E-state index in [4.69, 9.17) is 9.47 Å². The first kappa shape index (κ1) is 18.7. The molecule has 0 spiro atoms. The Bertz CT molecular complexity index is 1030. The molecule has 4 rings (SSSR count). The molecule has 8 nitrogen and oxygen atoms in total. The van der Waals surface area contributed by atoms with Gasteiger partial charge in [-0.1, -0.05) is 18.2 Å². The van der Waals surface area contributed by atoms with Crippen LogP contribution in [0.3, 0.4) is 0 Å². The van der Waals surface area contributed by atoms with Gasteiger partial charge in [-0.2, -0.15) is 0 Å². The van der Waals surface area contributed by atoms with Crippen molar-refractivity contribution in [3.63, 3.8) is 0 Å². The number of hydrogen-bond acceptors (Lipinski definition) is 6. The van der Waals surface area contributed by atoms with Crippen LogP contribution in [-0.4, -0.2) is 48.9 Å². The highest BCUT2D eigenvalue weighted by Crippen LogP contribution is 2.31. The minimum atomic E-state index is -0.745. The number of benzene rings is 2. The highest BCUT2D eigenvalue weighted by atomic mass is 16.5. The van der Waals surface area contributed by atoms with E-state index < -0.39 is 30.3 Å². The Morgan fingerprint density at radius 1 is 1.14 bits per heavy atom. The van der Waals surface area contributed by atoms with Crippen molar-refractivity contribution in [1.29, 1.82) is 0 Å². The predicted octanol–water partition coefficient (Wildman–Crippen LogP) is 1.71. The van der Waals surface area contributed by atoms with E-state index >= 15 is 0 Å². The number of amides is 3. The van der Waals surface area contributed by atoms with Crippen LogP contribution in [0.15, 0.2) is 42.5 Å². The lowest BCUT2D eigenvalue weighted by Crippen LogP contribution is -2.35. The van der Waals surface area contributed by atoms with Crippen molar-refractivity contribution >= 4 is 23.7 Å². The number of imide groups is 1. The van der Waals surface area contributed by atoms with Gasteiger partial charge in [0, 0.05) is 19.0 Å². The molecule has 29 heavy (non-hydrogen) atoms. The fraction of sp³-hybridized carbons (Fsp3) is 0.238. The number of para-hydroxylation sites is 1. The van der Waals surface area contributed by atoms with Crippen LogP contribution in [0.4, 0.5) is 0 Å². The van der Waals surface area contributed by atoms with Crippen molar-refractivity contribution in [2.24, 2.45) is 0 Å². The topological polar surface area (TPSA) is 102 Å². The first-order chi connectivity index (χ1) is 14.0. The Morgan fingerprint density at radius 3 is 2.72 bits per heavy atom. The first-order valence-electron chi connectivity index (χ1n) is 9.10. The SMILES string of the molecule is CN1C(=O)c2ccc(C(=O)OCC(=O)NC3CCOc4ccccc43)cc2C1=O. The van der Waals surface area contributed by atoms with Gasteiger partial charge < -0.3 is 14.8 Å². The van der Waals surface area contributed by atoms with E-state index in [0.29, 0.717) is 13.0 Å². The van der Waals surface area contributed by atoms with E-state index in [9.17, 15) is 19.2 Å². The molecule has 1 atom stereocenters. The Balaban J connectivity index is 1.38. The standard InChI is InChI=1S/C21H18N2O6/c1-23-19(25)13-7-6-12(10-15(13)20(23)26)21(27)29-11-18(24)22-16-8-9-28-17-5-3-2-4-14(16)17/h2-7,10,16H,8-9,11H2,1H3,(H,22,24). The molecule has 2 heterocycles. The molecule has 0 fully saturated rings. The average Bonchev–Trinajstić information content (AvgIpc) is 2.96. The summed E-state index contributed by atoms with van der Waals surface area (Å²) >= 11 is 0. The minimum absolute atomic E-state index is 0.101. The number of ether oxygens (including phenoxy) is 2. The Labute approximate surface area is 166 Å². The molecule has 0 aromatic heterocycles. The zero-order chi connectivity index (χ0) is 20.5. The number of hydrogen-bond donors (Lipinski definition) is 1. The fourth-order valence-electron chi connectivity index (χ4n) is 3.43. The van der Waals surface area contributed by atoms with Crippen LogP contribution >= 0.6 is 0 Å². The van der Waals surface area contributed by atoms with Crippen LogP contribution in [0.25, 0.3) is 0 Å². The average molecular weight is 394 g/mol. The number of nitrogens with zero attached hydrogens (tertiary/aromatic N) is 1. The number of carbonyl (C=O) groups excluding carboxylic acids is 4. The maximum Gasteiger partial charge on any atom is 0.338 e. The van der Waals surface area contributed by atoms with Crippen LogP contribution in [0, 0.1) is 0 Å². The van der Waals surface area contributed by atoms with E-state index in [1.807, 2.05) is 24.3 Å². The van der Waals surface area contributed by atoms with Gasteiger partial charge in [-0.05, 0) is 24.3 Å². The van der Waals surface area contributed by atoms with Crippen LogP contribution in [0.5, 0.6) is 5.75 Å².